The first kappa shape index (κ1) is 23.6. The molecule has 3 heteroatoms. The quantitative estimate of drug-likeness (QED) is 0.304. The average molecular weight is 403 g/mol. The Morgan fingerprint density at radius 1 is 0.720 bits per heavy atom. The summed E-state index contributed by atoms with van der Waals surface area (Å²) in [6.07, 6.45) is 0. The van der Waals surface area contributed by atoms with E-state index in [2.05, 4.69) is 93.6 Å². The van der Waals surface area contributed by atoms with Gasteiger partial charge in [-0.05, 0) is 0 Å². The molecule has 25 heavy (non-hydrogen) atoms. The molecule has 0 unspecified atom stereocenters. The summed E-state index contributed by atoms with van der Waals surface area (Å²) in [7, 11) is 0. The molecule has 0 aliphatic carbocycles. The summed E-state index contributed by atoms with van der Waals surface area (Å²) in [4.78, 5) is 0. The SMILES string of the molecule is C[C](=[Ti+2])c1ccccc1.[Cl-].[Cl-].c1cc[cH-]c1.c1ccc2[cH-]ccc2c1. The predicted molar refractivity (Wildman–Crippen MR) is 97.8 cm³/mol. The zero-order valence-electron chi connectivity index (χ0n) is 14.1. The van der Waals surface area contributed by atoms with E-state index in [1.807, 2.05) is 36.4 Å². The Bertz CT molecular complexity index is 755. The van der Waals surface area contributed by atoms with Gasteiger partial charge in [0, 0.05) is 0 Å². The Morgan fingerprint density at radius 2 is 1.32 bits per heavy atom. The average Bonchev–Trinajstić information content (AvgIpc) is 3.30. The molecule has 0 aromatic heterocycles. The molecule has 0 saturated heterocycles. The molecule has 0 atom stereocenters. The monoisotopic (exact) mass is 402 g/mol. The Kier molecular flexibility index (Phi) is 13.0. The normalized spacial score (nSPS) is 8.60. The predicted octanol–water partition coefficient (Wildman–Crippen LogP) is -0.254. The minimum atomic E-state index is 0. The molecule has 0 amide bonds. The van der Waals surface area contributed by atoms with Gasteiger partial charge in [-0.25, -0.2) is 12.1 Å². The van der Waals surface area contributed by atoms with E-state index in [9.17, 15) is 0 Å². The van der Waals surface area contributed by atoms with Gasteiger partial charge in [-0.1, -0.05) is 6.07 Å². The molecule has 0 heterocycles. The van der Waals surface area contributed by atoms with Gasteiger partial charge < -0.3 is 24.8 Å². The third kappa shape index (κ3) is 9.00. The molecule has 0 N–H and O–H groups in total. The largest absolute Gasteiger partial charge is 1.00 e. The minimum absolute atomic E-state index is 0. The van der Waals surface area contributed by atoms with E-state index in [1.54, 1.807) is 0 Å². The molecule has 4 aromatic rings. The summed E-state index contributed by atoms with van der Waals surface area (Å²) in [6.45, 7) is 2.12. The van der Waals surface area contributed by atoms with Gasteiger partial charge in [0.05, 0.1) is 0 Å². The molecule has 4 aromatic carbocycles. The van der Waals surface area contributed by atoms with Crippen LogP contribution in [0.3, 0.4) is 0 Å². The fourth-order valence-corrected chi connectivity index (χ4v) is 2.34. The molecule has 0 aliphatic heterocycles. The number of hydrogen-bond donors (Lipinski definition) is 0. The van der Waals surface area contributed by atoms with E-state index in [0.29, 0.717) is 0 Å². The van der Waals surface area contributed by atoms with Gasteiger partial charge in [-0.2, -0.15) is 35.7 Å². The molecule has 0 spiro atoms. The van der Waals surface area contributed by atoms with E-state index in [4.69, 9.17) is 0 Å². The van der Waals surface area contributed by atoms with Crippen LogP contribution in [0.15, 0.2) is 103 Å². The van der Waals surface area contributed by atoms with Gasteiger partial charge in [0.25, 0.3) is 0 Å². The molecule has 0 nitrogen and oxygen atoms in total. The number of rotatable bonds is 1. The zero-order chi connectivity index (χ0) is 16.3. The van der Waals surface area contributed by atoms with Gasteiger partial charge >= 0.3 is 66.6 Å². The first-order chi connectivity index (χ1) is 11.3. The van der Waals surface area contributed by atoms with Crippen LogP contribution in [0.25, 0.3) is 10.8 Å². The van der Waals surface area contributed by atoms with Crippen LogP contribution in [0.4, 0.5) is 0 Å². The second-order valence-electron chi connectivity index (χ2n) is 5.11. The molecule has 128 valence electrons. The van der Waals surface area contributed by atoms with Crippen molar-refractivity contribution in [2.24, 2.45) is 0 Å². The standard InChI is InChI=1S/C9H7.C8H8.C5H5.2ClH.Ti/c1-2-5-9-7-3-6-8(9)4-1;1-2-8-6-4-3-5-7-8;1-2-4-5-3-1;;;/h1-7H;3-7H,1H3;1-5H;2*1H;/q-1;;-1;;;+2/p-2. The molecule has 0 saturated carbocycles. The maximum Gasteiger partial charge on any atom is -0.0809 e. The van der Waals surface area contributed by atoms with Crippen molar-refractivity contribution in [3.05, 3.63) is 109 Å². The van der Waals surface area contributed by atoms with Gasteiger partial charge in [0.15, 0.2) is 0 Å². The van der Waals surface area contributed by atoms with Crippen molar-refractivity contribution in [2.45, 2.75) is 6.92 Å². The molecular weight excluding hydrogens is 383 g/mol. The fourth-order valence-electron chi connectivity index (χ4n) is 2.08. The maximum atomic E-state index is 2.12. The second-order valence-corrected chi connectivity index (χ2v) is 6.28. The van der Waals surface area contributed by atoms with Crippen molar-refractivity contribution in [3.63, 3.8) is 0 Å². The molecule has 0 aliphatic rings. The molecule has 0 radical (unpaired) electrons. The molecule has 4 rings (SSSR count). The first-order valence-corrected chi connectivity index (χ1v) is 8.43. The third-order valence-electron chi connectivity index (χ3n) is 3.31. The summed E-state index contributed by atoms with van der Waals surface area (Å²) < 4.78 is 1.37. The summed E-state index contributed by atoms with van der Waals surface area (Å²) >= 11 is 2.12. The smallest absolute Gasteiger partial charge is 0.0809 e. The van der Waals surface area contributed by atoms with E-state index in [0.717, 1.165) is 0 Å². The van der Waals surface area contributed by atoms with Crippen molar-refractivity contribution in [1.29, 1.82) is 0 Å². The van der Waals surface area contributed by atoms with Gasteiger partial charge in [-0.15, -0.1) is 29.7 Å². The van der Waals surface area contributed by atoms with Gasteiger partial charge in [0.2, 0.25) is 0 Å². The van der Waals surface area contributed by atoms with Crippen molar-refractivity contribution in [2.75, 3.05) is 0 Å². The first-order valence-electron chi connectivity index (χ1n) is 7.65. The van der Waals surface area contributed by atoms with Crippen molar-refractivity contribution < 1.29 is 44.8 Å². The van der Waals surface area contributed by atoms with Crippen molar-refractivity contribution in [3.8, 4) is 0 Å². The van der Waals surface area contributed by atoms with Crippen LogP contribution < -0.4 is 24.8 Å². The Morgan fingerprint density at radius 3 is 1.80 bits per heavy atom. The Balaban J connectivity index is 0.000000345. The Labute approximate surface area is 174 Å². The zero-order valence-corrected chi connectivity index (χ0v) is 17.1. The number of fused-ring (bicyclic) bond motifs is 1. The maximum absolute atomic E-state index is 2.12. The minimum Gasteiger partial charge on any atom is -1.00 e. The summed E-state index contributed by atoms with van der Waals surface area (Å²) in [5.74, 6) is 0. The third-order valence-corrected chi connectivity index (χ3v) is 3.76. The Hall–Kier alpha value is -1.44. The molecular formula is C22H20Cl2Ti-2. The van der Waals surface area contributed by atoms with Crippen LogP contribution in [-0.4, -0.2) is 3.81 Å². The van der Waals surface area contributed by atoms with Crippen LogP contribution in [-0.2, 0) is 20.0 Å². The molecule has 0 fully saturated rings. The summed E-state index contributed by atoms with van der Waals surface area (Å²) in [6, 6.07) is 35.1. The van der Waals surface area contributed by atoms with Crippen LogP contribution in [0.2, 0.25) is 0 Å². The van der Waals surface area contributed by atoms with Crippen LogP contribution in [0.5, 0.6) is 0 Å². The fraction of sp³-hybridized carbons (Fsp3) is 0.0455. The second kappa shape index (κ2) is 13.8. The molecule has 0 bridgehead atoms. The van der Waals surface area contributed by atoms with Crippen molar-refractivity contribution >= 4 is 14.6 Å². The van der Waals surface area contributed by atoms with E-state index < -0.39 is 0 Å². The topological polar surface area (TPSA) is 0 Å². The summed E-state index contributed by atoms with van der Waals surface area (Å²) in [5.41, 5.74) is 1.33. The van der Waals surface area contributed by atoms with E-state index in [1.165, 1.54) is 20.1 Å². The number of hydrogen-bond acceptors (Lipinski definition) is 0. The van der Waals surface area contributed by atoms with E-state index in [-0.39, 0.29) is 24.8 Å². The summed E-state index contributed by atoms with van der Waals surface area (Å²) in [5, 5.41) is 2.66. The van der Waals surface area contributed by atoms with Gasteiger partial charge in [-0.3, -0.25) is 0 Å². The van der Waals surface area contributed by atoms with Crippen LogP contribution in [0.1, 0.15) is 12.5 Å². The number of benzene rings is 2. The van der Waals surface area contributed by atoms with Crippen LogP contribution >= 0.6 is 0 Å². The number of halogens is 2. The van der Waals surface area contributed by atoms with Crippen molar-refractivity contribution in [1.82, 2.24) is 0 Å². The van der Waals surface area contributed by atoms with Crippen LogP contribution in [0, 0.1) is 0 Å². The van der Waals surface area contributed by atoms with Gasteiger partial charge in [0.1, 0.15) is 0 Å². The van der Waals surface area contributed by atoms with E-state index >= 15 is 0 Å².